The third-order valence-electron chi connectivity index (χ3n) is 2.12. The summed E-state index contributed by atoms with van der Waals surface area (Å²) in [6.07, 6.45) is 1.50. The van der Waals surface area contributed by atoms with Crippen molar-refractivity contribution < 1.29 is 8.42 Å². The molecule has 0 aliphatic carbocycles. The number of rotatable bonds is 5. The maximum atomic E-state index is 11.5. The number of aromatic nitrogens is 1. The molecule has 7 heteroatoms. The van der Waals surface area contributed by atoms with Crippen LogP contribution in [0, 0.1) is 11.3 Å². The van der Waals surface area contributed by atoms with Crippen molar-refractivity contribution in [3.05, 3.63) is 24.0 Å². The molecule has 17 heavy (non-hydrogen) atoms. The van der Waals surface area contributed by atoms with E-state index >= 15 is 0 Å². The van der Waals surface area contributed by atoms with E-state index in [1.165, 1.54) is 24.6 Å². The minimum absolute atomic E-state index is 0.00418. The summed E-state index contributed by atoms with van der Waals surface area (Å²) in [4.78, 5) is 3.82. The first-order chi connectivity index (χ1) is 7.95. The Bertz CT molecular complexity index is 519. The van der Waals surface area contributed by atoms with Gasteiger partial charge in [-0.05, 0) is 12.1 Å². The molecule has 0 bridgehead atoms. The van der Waals surface area contributed by atoms with Gasteiger partial charge >= 0.3 is 0 Å². The van der Waals surface area contributed by atoms with Gasteiger partial charge < -0.3 is 5.32 Å². The Morgan fingerprint density at radius 2 is 2.24 bits per heavy atom. The van der Waals surface area contributed by atoms with Crippen LogP contribution in [-0.2, 0) is 10.0 Å². The Labute approximate surface area is 101 Å². The zero-order chi connectivity index (χ0) is 12.9. The average Bonchev–Trinajstić information content (AvgIpc) is 2.29. The quantitative estimate of drug-likeness (QED) is 0.814. The highest BCUT2D eigenvalue weighted by Crippen LogP contribution is 2.06. The highest BCUT2D eigenvalue weighted by molar-refractivity contribution is 7.89. The van der Waals surface area contributed by atoms with Crippen LogP contribution in [0.3, 0.4) is 0 Å². The Balaban J connectivity index is 2.55. The molecule has 0 radical (unpaired) electrons. The molecule has 0 spiro atoms. The predicted octanol–water partition coefficient (Wildman–Crippen LogP) is 0.257. The number of nitriles is 1. The number of nitrogens with one attached hydrogen (secondary N) is 1. The van der Waals surface area contributed by atoms with Gasteiger partial charge in [-0.1, -0.05) is 0 Å². The summed E-state index contributed by atoms with van der Waals surface area (Å²) in [7, 11) is -0.203. The molecule has 0 aliphatic rings. The molecular formula is C10H14N4O2S. The Hall–Kier alpha value is -1.65. The third-order valence-corrected chi connectivity index (χ3v) is 3.95. The zero-order valence-corrected chi connectivity index (χ0v) is 10.5. The molecule has 0 amide bonds. The monoisotopic (exact) mass is 254 g/mol. The minimum Gasteiger partial charge on any atom is -0.384 e. The molecule has 1 N–H and O–H groups in total. The smallest absolute Gasteiger partial charge is 0.215 e. The van der Waals surface area contributed by atoms with Crippen LogP contribution in [0.15, 0.2) is 18.3 Å². The maximum Gasteiger partial charge on any atom is 0.215 e. The second kappa shape index (κ2) is 5.61. The van der Waals surface area contributed by atoms with E-state index in [1.807, 2.05) is 6.07 Å². The largest absolute Gasteiger partial charge is 0.384 e. The van der Waals surface area contributed by atoms with Gasteiger partial charge in [-0.2, -0.15) is 5.26 Å². The van der Waals surface area contributed by atoms with Crippen LogP contribution in [-0.4, -0.2) is 44.1 Å². The fourth-order valence-corrected chi connectivity index (χ4v) is 1.83. The van der Waals surface area contributed by atoms with Crippen molar-refractivity contribution >= 4 is 15.7 Å². The standard InChI is InChI=1S/C10H14N4O2S/c1-14(2)17(15,16)6-5-13-9-3-4-12-10(7-9)8-11/h3-4,7H,5-6H2,1-2H3,(H,12,13). The fourth-order valence-electron chi connectivity index (χ4n) is 1.11. The molecule has 0 unspecified atom stereocenters. The van der Waals surface area contributed by atoms with E-state index in [9.17, 15) is 8.42 Å². The van der Waals surface area contributed by atoms with Crippen LogP contribution >= 0.6 is 0 Å². The molecule has 0 saturated carbocycles. The summed E-state index contributed by atoms with van der Waals surface area (Å²) in [6, 6.07) is 5.17. The Morgan fingerprint density at radius 1 is 1.53 bits per heavy atom. The van der Waals surface area contributed by atoms with E-state index in [0.717, 1.165) is 0 Å². The molecule has 1 aromatic heterocycles. The molecule has 0 aliphatic heterocycles. The third kappa shape index (κ3) is 4.01. The Morgan fingerprint density at radius 3 is 2.82 bits per heavy atom. The molecule has 0 fully saturated rings. The summed E-state index contributed by atoms with van der Waals surface area (Å²) in [6.45, 7) is 0.287. The number of hydrogen-bond donors (Lipinski definition) is 1. The molecule has 1 rings (SSSR count). The molecular weight excluding hydrogens is 240 g/mol. The zero-order valence-electron chi connectivity index (χ0n) is 9.71. The number of sulfonamides is 1. The van der Waals surface area contributed by atoms with E-state index in [-0.39, 0.29) is 12.3 Å². The summed E-state index contributed by atoms with van der Waals surface area (Å²) in [5, 5.41) is 11.6. The number of anilines is 1. The van der Waals surface area contributed by atoms with Crippen molar-refractivity contribution in [1.82, 2.24) is 9.29 Å². The summed E-state index contributed by atoms with van der Waals surface area (Å²) < 4.78 is 24.1. The lowest BCUT2D eigenvalue weighted by molar-refractivity contribution is 0.521. The van der Waals surface area contributed by atoms with Crippen molar-refractivity contribution in [1.29, 1.82) is 5.26 Å². The Kier molecular flexibility index (Phi) is 4.43. The van der Waals surface area contributed by atoms with Gasteiger partial charge in [0.25, 0.3) is 0 Å². The topological polar surface area (TPSA) is 86.1 Å². The van der Waals surface area contributed by atoms with Crippen LogP contribution in [0.4, 0.5) is 5.69 Å². The van der Waals surface area contributed by atoms with Gasteiger partial charge in [0, 0.05) is 32.5 Å². The van der Waals surface area contributed by atoms with E-state index in [4.69, 9.17) is 5.26 Å². The van der Waals surface area contributed by atoms with Crippen molar-refractivity contribution in [3.63, 3.8) is 0 Å². The van der Waals surface area contributed by atoms with Crippen LogP contribution in [0.1, 0.15) is 5.69 Å². The second-order valence-corrected chi connectivity index (χ2v) is 5.87. The first-order valence-electron chi connectivity index (χ1n) is 4.96. The first kappa shape index (κ1) is 13.4. The molecule has 1 heterocycles. The van der Waals surface area contributed by atoms with Gasteiger partial charge in [0.2, 0.25) is 10.0 Å². The van der Waals surface area contributed by atoms with Gasteiger partial charge in [-0.3, -0.25) is 0 Å². The van der Waals surface area contributed by atoms with Crippen molar-refractivity contribution in [2.45, 2.75) is 0 Å². The summed E-state index contributed by atoms with van der Waals surface area (Å²) >= 11 is 0. The molecule has 92 valence electrons. The van der Waals surface area contributed by atoms with Crippen LogP contribution in [0.5, 0.6) is 0 Å². The van der Waals surface area contributed by atoms with Crippen LogP contribution < -0.4 is 5.32 Å². The fraction of sp³-hybridized carbons (Fsp3) is 0.400. The number of nitrogens with zero attached hydrogens (tertiary/aromatic N) is 3. The molecule has 0 atom stereocenters. The lowest BCUT2D eigenvalue weighted by atomic mass is 10.3. The number of hydrogen-bond acceptors (Lipinski definition) is 5. The van der Waals surface area contributed by atoms with E-state index < -0.39 is 10.0 Å². The van der Waals surface area contributed by atoms with Crippen LogP contribution in [0.2, 0.25) is 0 Å². The van der Waals surface area contributed by atoms with E-state index in [2.05, 4.69) is 10.3 Å². The molecule has 0 saturated heterocycles. The SMILES string of the molecule is CN(C)S(=O)(=O)CCNc1ccnc(C#N)c1. The van der Waals surface area contributed by atoms with Crippen LogP contribution in [0.25, 0.3) is 0 Å². The van der Waals surface area contributed by atoms with E-state index in [0.29, 0.717) is 11.4 Å². The number of pyridine rings is 1. The van der Waals surface area contributed by atoms with Crippen molar-refractivity contribution in [2.75, 3.05) is 31.7 Å². The lowest BCUT2D eigenvalue weighted by Gasteiger charge is -2.12. The van der Waals surface area contributed by atoms with E-state index in [1.54, 1.807) is 12.1 Å². The van der Waals surface area contributed by atoms with Gasteiger partial charge in [0.15, 0.2) is 0 Å². The summed E-state index contributed by atoms with van der Waals surface area (Å²) in [5.74, 6) is 0.00418. The first-order valence-corrected chi connectivity index (χ1v) is 6.57. The average molecular weight is 254 g/mol. The normalized spacial score (nSPS) is 11.2. The molecule has 0 aromatic carbocycles. The van der Waals surface area contributed by atoms with Crippen molar-refractivity contribution in [3.8, 4) is 6.07 Å². The molecule has 6 nitrogen and oxygen atoms in total. The minimum atomic E-state index is -3.19. The highest BCUT2D eigenvalue weighted by atomic mass is 32.2. The van der Waals surface area contributed by atoms with Gasteiger partial charge in [0.1, 0.15) is 11.8 Å². The lowest BCUT2D eigenvalue weighted by Crippen LogP contribution is -2.28. The molecule has 1 aromatic rings. The highest BCUT2D eigenvalue weighted by Gasteiger charge is 2.12. The summed E-state index contributed by atoms with van der Waals surface area (Å²) in [5.41, 5.74) is 0.982. The van der Waals surface area contributed by atoms with Gasteiger partial charge in [0.05, 0.1) is 5.75 Å². The van der Waals surface area contributed by atoms with Gasteiger partial charge in [-0.25, -0.2) is 17.7 Å². The predicted molar refractivity (Wildman–Crippen MR) is 64.9 cm³/mol. The van der Waals surface area contributed by atoms with Gasteiger partial charge in [-0.15, -0.1) is 0 Å². The second-order valence-electron chi connectivity index (χ2n) is 3.57. The maximum absolute atomic E-state index is 11.5. The van der Waals surface area contributed by atoms with Crippen molar-refractivity contribution in [2.24, 2.45) is 0 Å².